The van der Waals surface area contributed by atoms with E-state index in [0.29, 0.717) is 17.9 Å². The summed E-state index contributed by atoms with van der Waals surface area (Å²) < 4.78 is 11.5. The third kappa shape index (κ3) is 4.72. The van der Waals surface area contributed by atoms with Crippen molar-refractivity contribution in [1.29, 1.82) is 0 Å². The van der Waals surface area contributed by atoms with Gasteiger partial charge in [-0.3, -0.25) is 14.7 Å². The summed E-state index contributed by atoms with van der Waals surface area (Å²) in [7, 11) is 0. The number of hydrogen-bond donors (Lipinski definition) is 0. The Kier molecular flexibility index (Phi) is 6.77. The van der Waals surface area contributed by atoms with E-state index < -0.39 is 18.1 Å². The van der Waals surface area contributed by atoms with Gasteiger partial charge in [0.2, 0.25) is 0 Å². The highest BCUT2D eigenvalue weighted by Crippen LogP contribution is 2.40. The van der Waals surface area contributed by atoms with Gasteiger partial charge in [-0.25, -0.2) is 9.78 Å². The lowest BCUT2D eigenvalue weighted by Gasteiger charge is -2.37. The van der Waals surface area contributed by atoms with Crippen LogP contribution in [0.3, 0.4) is 0 Å². The Morgan fingerprint density at radius 2 is 1.92 bits per heavy atom. The van der Waals surface area contributed by atoms with E-state index in [1.54, 1.807) is 13.1 Å². The number of carbonyl (C=O) groups is 2. The van der Waals surface area contributed by atoms with Crippen LogP contribution in [0.25, 0.3) is 22.0 Å². The number of ether oxygens (including phenoxy) is 2. The number of carbonyl (C=O) groups excluding carboxylic acids is 2. The Hall–Kier alpha value is -4.04. The maximum absolute atomic E-state index is 13.3. The molecule has 0 radical (unpaired) electrons. The molecule has 36 heavy (non-hydrogen) atoms. The van der Waals surface area contributed by atoms with E-state index >= 15 is 0 Å². The fraction of sp³-hybridized carbons (Fsp3) is 0.214. The van der Waals surface area contributed by atoms with Gasteiger partial charge >= 0.3 is 5.97 Å². The summed E-state index contributed by atoms with van der Waals surface area (Å²) >= 11 is 1.50. The summed E-state index contributed by atoms with van der Waals surface area (Å²) in [5, 5.41) is 2.75. The molecular formula is C28H25N3O4S. The van der Waals surface area contributed by atoms with Gasteiger partial charge in [0.05, 0.1) is 17.1 Å². The first-order valence-electron chi connectivity index (χ1n) is 11.8. The number of anilines is 1. The first-order valence-corrected chi connectivity index (χ1v) is 12.6. The van der Waals surface area contributed by atoms with Gasteiger partial charge in [0.15, 0.2) is 6.10 Å². The molecule has 4 aromatic rings. The third-order valence-electron chi connectivity index (χ3n) is 6.01. The van der Waals surface area contributed by atoms with Gasteiger partial charge in [-0.15, -0.1) is 11.3 Å². The van der Waals surface area contributed by atoms with Gasteiger partial charge in [-0.1, -0.05) is 43.3 Å². The summed E-state index contributed by atoms with van der Waals surface area (Å²) in [5.41, 5.74) is 3.78. The normalized spacial score (nSPS) is 15.7. The van der Waals surface area contributed by atoms with Crippen LogP contribution in [0.4, 0.5) is 5.69 Å². The number of fused-ring (bicyclic) bond motifs is 1. The minimum atomic E-state index is -0.826. The van der Waals surface area contributed by atoms with Crippen LogP contribution in [0.5, 0.6) is 5.75 Å². The second-order valence-electron chi connectivity index (χ2n) is 8.43. The summed E-state index contributed by atoms with van der Waals surface area (Å²) in [5.74, 6) is -0.196. The fourth-order valence-electron chi connectivity index (χ4n) is 4.07. The number of amides is 1. The van der Waals surface area contributed by atoms with Crippen molar-refractivity contribution in [3.8, 4) is 27.7 Å². The minimum absolute atomic E-state index is 0.141. The molecule has 3 heterocycles. The number of pyridine rings is 1. The molecule has 0 saturated carbocycles. The van der Waals surface area contributed by atoms with Crippen molar-refractivity contribution < 1.29 is 19.1 Å². The lowest BCUT2D eigenvalue weighted by molar-refractivity contribution is -0.148. The average Bonchev–Trinajstić information content (AvgIpc) is 3.42. The zero-order valence-electron chi connectivity index (χ0n) is 20.0. The van der Waals surface area contributed by atoms with Crippen LogP contribution in [-0.2, 0) is 20.9 Å². The Bertz CT molecular complexity index is 1370. The number of nitrogens with zero attached hydrogens (tertiary/aromatic N) is 3. The largest absolute Gasteiger partial charge is 0.478 e. The minimum Gasteiger partial charge on any atom is -0.478 e. The molecule has 0 aliphatic carbocycles. The predicted octanol–water partition coefficient (Wildman–Crippen LogP) is 5.51. The lowest BCUT2D eigenvalue weighted by Crippen LogP contribution is -2.52. The first kappa shape index (κ1) is 23.7. The molecule has 2 aromatic heterocycles. The Labute approximate surface area is 213 Å². The van der Waals surface area contributed by atoms with Crippen LogP contribution in [0.15, 0.2) is 78.3 Å². The van der Waals surface area contributed by atoms with Crippen molar-refractivity contribution in [1.82, 2.24) is 9.97 Å². The molecule has 7 nitrogen and oxygen atoms in total. The number of thiazole rings is 1. The maximum Gasteiger partial charge on any atom is 0.329 e. The van der Waals surface area contributed by atoms with E-state index in [-0.39, 0.29) is 12.5 Å². The van der Waals surface area contributed by atoms with E-state index in [4.69, 9.17) is 14.5 Å². The number of benzene rings is 2. The second-order valence-corrected chi connectivity index (χ2v) is 9.29. The fourth-order valence-corrected chi connectivity index (χ4v) is 4.87. The van der Waals surface area contributed by atoms with E-state index in [9.17, 15) is 9.59 Å². The smallest absolute Gasteiger partial charge is 0.329 e. The van der Waals surface area contributed by atoms with Crippen LogP contribution < -0.4 is 9.64 Å². The Morgan fingerprint density at radius 3 is 2.67 bits per heavy atom. The van der Waals surface area contributed by atoms with Crippen LogP contribution in [0, 0.1) is 0 Å². The molecule has 1 aliphatic heterocycles. The molecule has 1 amide bonds. The van der Waals surface area contributed by atoms with Crippen LogP contribution in [0.1, 0.15) is 25.8 Å². The number of aromatic nitrogens is 2. The van der Waals surface area contributed by atoms with Gasteiger partial charge < -0.3 is 9.47 Å². The van der Waals surface area contributed by atoms with Crippen LogP contribution in [-0.4, -0.2) is 34.0 Å². The van der Waals surface area contributed by atoms with Gasteiger partial charge in [0, 0.05) is 17.1 Å². The van der Waals surface area contributed by atoms with E-state index in [2.05, 4.69) is 4.98 Å². The average molecular weight is 500 g/mol. The number of hydrogen-bond acceptors (Lipinski definition) is 7. The monoisotopic (exact) mass is 499 g/mol. The van der Waals surface area contributed by atoms with Crippen molar-refractivity contribution in [3.63, 3.8) is 0 Å². The van der Waals surface area contributed by atoms with E-state index in [1.807, 2.05) is 79.0 Å². The van der Waals surface area contributed by atoms with E-state index in [0.717, 1.165) is 27.5 Å². The SMILES string of the molecule is CCC1Oc2ccc(-c3csc(-c4ccccn4)n3)cc2N(C(C)C(=O)OCc2ccccc2)C1=O. The maximum atomic E-state index is 13.3. The standard InChI is InChI=1S/C28H25N3O4S/c1-3-24-27(32)31(18(2)28(33)34-16-19-9-5-4-6-10-19)23-15-20(12-13-25(23)35-24)22-17-36-26(30-22)21-11-7-8-14-29-21/h4-15,17-18,24H,3,16H2,1-2H3. The predicted molar refractivity (Wildman–Crippen MR) is 139 cm³/mol. The summed E-state index contributed by atoms with van der Waals surface area (Å²) in [4.78, 5) is 37.0. The van der Waals surface area contributed by atoms with Gasteiger partial charge in [-0.2, -0.15) is 0 Å². The molecule has 0 N–H and O–H groups in total. The van der Waals surface area contributed by atoms with Crippen LogP contribution >= 0.6 is 11.3 Å². The molecule has 2 aromatic carbocycles. The summed E-state index contributed by atoms with van der Waals surface area (Å²) in [6.45, 7) is 3.70. The second kappa shape index (κ2) is 10.3. The van der Waals surface area contributed by atoms with Crippen molar-refractivity contribution in [2.24, 2.45) is 0 Å². The molecular weight excluding hydrogens is 474 g/mol. The molecule has 0 saturated heterocycles. The van der Waals surface area contributed by atoms with Crippen molar-refractivity contribution in [2.75, 3.05) is 4.90 Å². The van der Waals surface area contributed by atoms with Crippen molar-refractivity contribution in [2.45, 2.75) is 39.0 Å². The van der Waals surface area contributed by atoms with Crippen molar-refractivity contribution >= 4 is 28.9 Å². The molecule has 1 aliphatic rings. The van der Waals surface area contributed by atoms with Crippen LogP contribution in [0.2, 0.25) is 0 Å². The van der Waals surface area contributed by atoms with Gasteiger partial charge in [0.1, 0.15) is 23.4 Å². The molecule has 0 bridgehead atoms. The zero-order chi connectivity index (χ0) is 25.1. The number of esters is 1. The highest BCUT2D eigenvalue weighted by atomic mass is 32.1. The molecule has 0 fully saturated rings. The molecule has 182 valence electrons. The Morgan fingerprint density at radius 1 is 1.11 bits per heavy atom. The Balaban J connectivity index is 1.44. The van der Waals surface area contributed by atoms with Crippen molar-refractivity contribution in [3.05, 3.63) is 83.9 Å². The zero-order valence-corrected chi connectivity index (χ0v) is 20.8. The summed E-state index contributed by atoms with van der Waals surface area (Å²) in [6.07, 6.45) is 1.56. The quantitative estimate of drug-likeness (QED) is 0.312. The highest BCUT2D eigenvalue weighted by Gasteiger charge is 2.39. The topological polar surface area (TPSA) is 81.6 Å². The molecule has 5 rings (SSSR count). The lowest BCUT2D eigenvalue weighted by atomic mass is 10.1. The molecule has 2 atom stereocenters. The first-order chi connectivity index (χ1) is 17.5. The van der Waals surface area contributed by atoms with E-state index in [1.165, 1.54) is 16.2 Å². The highest BCUT2D eigenvalue weighted by molar-refractivity contribution is 7.13. The molecule has 8 heteroatoms. The van der Waals surface area contributed by atoms with Gasteiger partial charge in [-0.05, 0) is 49.2 Å². The molecule has 2 unspecified atom stereocenters. The van der Waals surface area contributed by atoms with Gasteiger partial charge in [0.25, 0.3) is 5.91 Å². The molecule has 0 spiro atoms. The summed E-state index contributed by atoms with van der Waals surface area (Å²) in [6, 6.07) is 19.9. The third-order valence-corrected chi connectivity index (χ3v) is 6.87. The number of rotatable bonds is 7.